The third-order valence-corrected chi connectivity index (χ3v) is 1.12. The summed E-state index contributed by atoms with van der Waals surface area (Å²) in [5.74, 6) is 2.51. The normalized spacial score (nSPS) is 12.5. The molecule has 0 fully saturated rings. The Labute approximate surface area is 63.0 Å². The van der Waals surface area contributed by atoms with E-state index < -0.39 is 0 Å². The van der Waals surface area contributed by atoms with Crippen LogP contribution >= 0.6 is 0 Å². The number of hydrogen-bond donors (Lipinski definition) is 1. The lowest BCUT2D eigenvalue weighted by atomic mass is 10.3. The smallest absolute Gasteiger partial charge is 0.0617 e. The van der Waals surface area contributed by atoms with Gasteiger partial charge in [0.2, 0.25) is 0 Å². The van der Waals surface area contributed by atoms with Gasteiger partial charge in [-0.2, -0.15) is 0 Å². The summed E-state index contributed by atoms with van der Waals surface area (Å²) < 4.78 is 5.16. The summed E-state index contributed by atoms with van der Waals surface area (Å²) in [4.78, 5) is 0. The standard InChI is InChI=1S/C8H15NO/c1-4-6-9-8(3)7-10-5-2/h1,8-9H,5-7H2,2-3H3. The van der Waals surface area contributed by atoms with E-state index in [0.29, 0.717) is 12.6 Å². The van der Waals surface area contributed by atoms with Crippen molar-refractivity contribution in [2.24, 2.45) is 0 Å². The molecular formula is C8H15NO. The maximum Gasteiger partial charge on any atom is 0.0617 e. The van der Waals surface area contributed by atoms with Crippen molar-refractivity contribution in [1.82, 2.24) is 5.32 Å². The highest BCUT2D eigenvalue weighted by Gasteiger charge is 1.96. The summed E-state index contributed by atoms with van der Waals surface area (Å²) in [7, 11) is 0. The Balaban J connectivity index is 3.10. The largest absolute Gasteiger partial charge is 0.380 e. The second kappa shape index (κ2) is 6.60. The van der Waals surface area contributed by atoms with Crippen molar-refractivity contribution < 1.29 is 4.74 Å². The molecule has 1 atom stereocenters. The zero-order valence-corrected chi connectivity index (χ0v) is 6.68. The van der Waals surface area contributed by atoms with Crippen LogP contribution in [0.2, 0.25) is 0 Å². The SMILES string of the molecule is C#CCNC(C)COCC. The fourth-order valence-corrected chi connectivity index (χ4v) is 0.587. The van der Waals surface area contributed by atoms with E-state index in [1.54, 1.807) is 0 Å². The molecule has 0 bridgehead atoms. The summed E-state index contributed by atoms with van der Waals surface area (Å²) in [6, 6.07) is 0.357. The molecule has 0 rings (SSSR count). The maximum absolute atomic E-state index is 5.16. The molecule has 0 aliphatic heterocycles. The van der Waals surface area contributed by atoms with Crippen LogP contribution in [-0.4, -0.2) is 25.8 Å². The van der Waals surface area contributed by atoms with E-state index in [-0.39, 0.29) is 0 Å². The Morgan fingerprint density at radius 3 is 2.90 bits per heavy atom. The van der Waals surface area contributed by atoms with Gasteiger partial charge in [-0.15, -0.1) is 6.42 Å². The van der Waals surface area contributed by atoms with E-state index in [2.05, 4.69) is 11.2 Å². The third kappa shape index (κ3) is 5.61. The lowest BCUT2D eigenvalue weighted by molar-refractivity contribution is 0.128. The molecule has 0 aromatic heterocycles. The Bertz CT molecular complexity index is 106. The zero-order chi connectivity index (χ0) is 7.82. The minimum absolute atomic E-state index is 0.357. The van der Waals surface area contributed by atoms with Gasteiger partial charge < -0.3 is 10.1 Å². The predicted molar refractivity (Wildman–Crippen MR) is 42.8 cm³/mol. The quantitative estimate of drug-likeness (QED) is 0.567. The molecule has 0 saturated heterocycles. The minimum atomic E-state index is 0.357. The Kier molecular flexibility index (Phi) is 6.25. The lowest BCUT2D eigenvalue weighted by Gasteiger charge is -2.10. The second-order valence-electron chi connectivity index (χ2n) is 2.15. The van der Waals surface area contributed by atoms with Crippen molar-refractivity contribution in [2.45, 2.75) is 19.9 Å². The molecule has 0 spiro atoms. The molecule has 1 unspecified atom stereocenters. The van der Waals surface area contributed by atoms with Crippen LogP contribution in [0, 0.1) is 12.3 Å². The highest BCUT2D eigenvalue weighted by molar-refractivity contribution is 4.87. The molecule has 58 valence electrons. The lowest BCUT2D eigenvalue weighted by Crippen LogP contribution is -2.30. The van der Waals surface area contributed by atoms with E-state index >= 15 is 0 Å². The van der Waals surface area contributed by atoms with Crippen molar-refractivity contribution in [1.29, 1.82) is 0 Å². The molecule has 0 aliphatic carbocycles. The average Bonchev–Trinajstić information content (AvgIpc) is 1.97. The van der Waals surface area contributed by atoms with Crippen molar-refractivity contribution in [3.8, 4) is 12.3 Å². The molecule has 2 heteroatoms. The van der Waals surface area contributed by atoms with Gasteiger partial charge in [0.05, 0.1) is 13.2 Å². The highest BCUT2D eigenvalue weighted by atomic mass is 16.5. The van der Waals surface area contributed by atoms with Gasteiger partial charge in [-0.1, -0.05) is 5.92 Å². The van der Waals surface area contributed by atoms with Gasteiger partial charge in [-0.05, 0) is 13.8 Å². The van der Waals surface area contributed by atoms with E-state index in [0.717, 1.165) is 13.2 Å². The van der Waals surface area contributed by atoms with E-state index in [9.17, 15) is 0 Å². The monoisotopic (exact) mass is 141 g/mol. The second-order valence-corrected chi connectivity index (χ2v) is 2.15. The molecule has 10 heavy (non-hydrogen) atoms. The molecule has 0 aliphatic rings. The summed E-state index contributed by atoms with van der Waals surface area (Å²) in [5.41, 5.74) is 0. The first-order chi connectivity index (χ1) is 4.81. The van der Waals surface area contributed by atoms with E-state index in [1.165, 1.54) is 0 Å². The first-order valence-electron chi connectivity index (χ1n) is 3.55. The number of ether oxygens (including phenoxy) is 1. The number of nitrogens with one attached hydrogen (secondary N) is 1. The van der Waals surface area contributed by atoms with Crippen LogP contribution in [-0.2, 0) is 4.74 Å². The Morgan fingerprint density at radius 2 is 2.40 bits per heavy atom. The molecular weight excluding hydrogens is 126 g/mol. The molecule has 1 N–H and O–H groups in total. The molecule has 0 aromatic carbocycles. The first-order valence-corrected chi connectivity index (χ1v) is 3.55. The van der Waals surface area contributed by atoms with Crippen molar-refractivity contribution in [3.05, 3.63) is 0 Å². The van der Waals surface area contributed by atoms with Crippen LogP contribution in [0.15, 0.2) is 0 Å². The van der Waals surface area contributed by atoms with Gasteiger partial charge in [0.1, 0.15) is 0 Å². The minimum Gasteiger partial charge on any atom is -0.380 e. The summed E-state index contributed by atoms with van der Waals surface area (Å²) >= 11 is 0. The van der Waals surface area contributed by atoms with E-state index in [4.69, 9.17) is 11.2 Å². The van der Waals surface area contributed by atoms with Crippen LogP contribution in [0.5, 0.6) is 0 Å². The zero-order valence-electron chi connectivity index (χ0n) is 6.68. The Hall–Kier alpha value is -0.520. The molecule has 2 nitrogen and oxygen atoms in total. The Morgan fingerprint density at radius 1 is 1.70 bits per heavy atom. The predicted octanol–water partition coefficient (Wildman–Crippen LogP) is 0.634. The number of terminal acetylenes is 1. The molecule has 0 radical (unpaired) electrons. The molecule has 0 aromatic rings. The molecule has 0 heterocycles. The van der Waals surface area contributed by atoms with Crippen LogP contribution < -0.4 is 5.32 Å². The third-order valence-electron chi connectivity index (χ3n) is 1.12. The topological polar surface area (TPSA) is 21.3 Å². The molecule has 0 saturated carbocycles. The summed E-state index contributed by atoms with van der Waals surface area (Å²) in [6.07, 6.45) is 5.05. The van der Waals surface area contributed by atoms with Gasteiger partial charge in [0.15, 0.2) is 0 Å². The number of hydrogen-bond acceptors (Lipinski definition) is 2. The van der Waals surface area contributed by atoms with Gasteiger partial charge in [-0.25, -0.2) is 0 Å². The molecule has 0 amide bonds. The van der Waals surface area contributed by atoms with Crippen LogP contribution in [0.3, 0.4) is 0 Å². The van der Waals surface area contributed by atoms with Crippen LogP contribution in [0.25, 0.3) is 0 Å². The summed E-state index contributed by atoms with van der Waals surface area (Å²) in [6.45, 7) is 6.15. The van der Waals surface area contributed by atoms with Gasteiger partial charge in [0.25, 0.3) is 0 Å². The van der Waals surface area contributed by atoms with Crippen LogP contribution in [0.1, 0.15) is 13.8 Å². The van der Waals surface area contributed by atoms with Crippen molar-refractivity contribution in [2.75, 3.05) is 19.8 Å². The highest BCUT2D eigenvalue weighted by Crippen LogP contribution is 1.82. The van der Waals surface area contributed by atoms with Crippen molar-refractivity contribution in [3.63, 3.8) is 0 Å². The van der Waals surface area contributed by atoms with Crippen molar-refractivity contribution >= 4 is 0 Å². The summed E-state index contributed by atoms with van der Waals surface area (Å²) in [5, 5.41) is 3.11. The fourth-order valence-electron chi connectivity index (χ4n) is 0.587. The van der Waals surface area contributed by atoms with Gasteiger partial charge in [0, 0.05) is 12.6 Å². The van der Waals surface area contributed by atoms with Gasteiger partial charge in [-0.3, -0.25) is 0 Å². The average molecular weight is 141 g/mol. The van der Waals surface area contributed by atoms with Gasteiger partial charge >= 0.3 is 0 Å². The van der Waals surface area contributed by atoms with E-state index in [1.807, 2.05) is 13.8 Å². The number of rotatable bonds is 5. The first kappa shape index (κ1) is 9.48. The fraction of sp³-hybridized carbons (Fsp3) is 0.750. The van der Waals surface area contributed by atoms with Crippen LogP contribution in [0.4, 0.5) is 0 Å². The maximum atomic E-state index is 5.16.